The number of rotatable bonds is 0. The van der Waals surface area contributed by atoms with Gasteiger partial charge in [0.1, 0.15) is 5.82 Å². The number of hydrogen-bond donors (Lipinski definition) is 1. The molecule has 1 aromatic carbocycles. The van der Waals surface area contributed by atoms with Crippen molar-refractivity contribution in [2.24, 2.45) is 0 Å². The number of alkyl halides is 3. The lowest BCUT2D eigenvalue weighted by atomic mass is 10.2. The van der Waals surface area contributed by atoms with E-state index >= 15 is 0 Å². The zero-order valence-corrected chi connectivity index (χ0v) is 8.70. The molecule has 0 radical (unpaired) electrons. The second-order valence-corrected chi connectivity index (χ2v) is 4.20. The van der Waals surface area contributed by atoms with E-state index in [1.54, 1.807) is 4.57 Å². The van der Waals surface area contributed by atoms with Crippen LogP contribution in [0, 0.1) is 0 Å². The zero-order chi connectivity index (χ0) is 12.2. The maximum atomic E-state index is 12.5. The molecule has 1 N–H and O–H groups in total. The Balaban J connectivity index is 2.15. The normalized spacial score (nSPS) is 19.9. The van der Waals surface area contributed by atoms with E-state index in [1.165, 1.54) is 6.07 Å². The molecule has 1 aromatic heterocycles. The molecule has 1 unspecified atom stereocenters. The Bertz CT molecular complexity index is 588. The quantitative estimate of drug-likeness (QED) is 0.767. The smallest absolute Gasteiger partial charge is 0.391 e. The van der Waals surface area contributed by atoms with Crippen LogP contribution < -0.4 is 0 Å². The van der Waals surface area contributed by atoms with Crippen LogP contribution in [0.25, 0.3) is 11.0 Å². The predicted octanol–water partition coefficient (Wildman–Crippen LogP) is 1.97. The predicted molar refractivity (Wildman–Crippen MR) is 54.4 cm³/mol. The Morgan fingerprint density at radius 1 is 1.35 bits per heavy atom. The summed E-state index contributed by atoms with van der Waals surface area (Å²) in [7, 11) is 0. The minimum Gasteiger partial charge on any atom is -0.391 e. The maximum absolute atomic E-state index is 12.5. The molecular formula is C11H9F3N2O. The summed E-state index contributed by atoms with van der Waals surface area (Å²) in [6, 6.07) is 3.50. The number of aromatic nitrogens is 2. The Morgan fingerprint density at radius 3 is 2.82 bits per heavy atom. The largest absolute Gasteiger partial charge is 0.416 e. The lowest BCUT2D eigenvalue weighted by molar-refractivity contribution is -0.137. The fourth-order valence-corrected chi connectivity index (χ4v) is 2.20. The summed E-state index contributed by atoms with van der Waals surface area (Å²) in [5.74, 6) is 0.645. The topological polar surface area (TPSA) is 38.1 Å². The molecule has 17 heavy (non-hydrogen) atoms. The van der Waals surface area contributed by atoms with Crippen LogP contribution in [0.5, 0.6) is 0 Å². The highest BCUT2D eigenvalue weighted by atomic mass is 19.4. The lowest BCUT2D eigenvalue weighted by Crippen LogP contribution is -2.08. The molecule has 2 aromatic rings. The fraction of sp³-hybridized carbons (Fsp3) is 0.364. The van der Waals surface area contributed by atoms with Crippen LogP contribution in [-0.4, -0.2) is 20.8 Å². The molecular weight excluding hydrogens is 233 g/mol. The summed E-state index contributed by atoms with van der Waals surface area (Å²) < 4.78 is 39.3. The molecule has 90 valence electrons. The Hall–Kier alpha value is -1.56. The molecule has 1 aliphatic heterocycles. The van der Waals surface area contributed by atoms with E-state index in [1.807, 2.05) is 0 Å². The molecule has 0 aliphatic carbocycles. The number of aliphatic hydroxyl groups is 1. The van der Waals surface area contributed by atoms with E-state index in [4.69, 9.17) is 0 Å². The Morgan fingerprint density at radius 2 is 2.12 bits per heavy atom. The zero-order valence-electron chi connectivity index (χ0n) is 8.70. The standard InChI is InChI=1S/C11H9F3N2O/c12-11(13,14)6-1-2-9-8(3-6)15-10-4-7(17)5-16(9)10/h1-3,7,17H,4-5H2. The summed E-state index contributed by atoms with van der Waals surface area (Å²) in [6.45, 7) is 0.400. The highest BCUT2D eigenvalue weighted by Gasteiger charge is 2.31. The maximum Gasteiger partial charge on any atom is 0.416 e. The van der Waals surface area contributed by atoms with Crippen molar-refractivity contribution in [1.29, 1.82) is 0 Å². The van der Waals surface area contributed by atoms with E-state index in [2.05, 4.69) is 4.98 Å². The van der Waals surface area contributed by atoms with Crippen molar-refractivity contribution in [2.45, 2.75) is 25.2 Å². The third-order valence-corrected chi connectivity index (χ3v) is 2.97. The Kier molecular flexibility index (Phi) is 2.01. The number of halogens is 3. The van der Waals surface area contributed by atoms with Gasteiger partial charge >= 0.3 is 6.18 Å². The van der Waals surface area contributed by atoms with E-state index in [0.717, 1.165) is 12.1 Å². The highest BCUT2D eigenvalue weighted by Crippen LogP contribution is 2.32. The monoisotopic (exact) mass is 242 g/mol. The highest BCUT2D eigenvalue weighted by molar-refractivity contribution is 5.77. The lowest BCUT2D eigenvalue weighted by Gasteiger charge is -2.06. The van der Waals surface area contributed by atoms with Gasteiger partial charge in [0, 0.05) is 6.42 Å². The second-order valence-electron chi connectivity index (χ2n) is 4.20. The van der Waals surface area contributed by atoms with Gasteiger partial charge in [-0.1, -0.05) is 0 Å². The molecule has 0 amide bonds. The number of aliphatic hydroxyl groups excluding tert-OH is 1. The first-order valence-corrected chi connectivity index (χ1v) is 5.19. The number of imidazole rings is 1. The van der Waals surface area contributed by atoms with Crippen molar-refractivity contribution in [1.82, 2.24) is 9.55 Å². The van der Waals surface area contributed by atoms with Crippen LogP contribution in [-0.2, 0) is 19.1 Å². The molecule has 0 saturated carbocycles. The third kappa shape index (κ3) is 1.59. The minimum absolute atomic E-state index is 0.335. The van der Waals surface area contributed by atoms with Gasteiger partial charge in [-0.15, -0.1) is 0 Å². The van der Waals surface area contributed by atoms with Crippen molar-refractivity contribution in [2.75, 3.05) is 0 Å². The number of fused-ring (bicyclic) bond motifs is 3. The van der Waals surface area contributed by atoms with Crippen molar-refractivity contribution in [3.8, 4) is 0 Å². The average molecular weight is 242 g/mol. The van der Waals surface area contributed by atoms with Crippen LogP contribution in [0.2, 0.25) is 0 Å². The van der Waals surface area contributed by atoms with Crippen molar-refractivity contribution in [3.05, 3.63) is 29.6 Å². The number of hydrogen-bond acceptors (Lipinski definition) is 2. The van der Waals surface area contributed by atoms with Gasteiger partial charge in [-0.05, 0) is 18.2 Å². The number of benzene rings is 1. The fourth-order valence-electron chi connectivity index (χ4n) is 2.20. The van der Waals surface area contributed by atoms with Crippen LogP contribution in [0.1, 0.15) is 11.4 Å². The van der Waals surface area contributed by atoms with E-state index in [0.29, 0.717) is 29.8 Å². The third-order valence-electron chi connectivity index (χ3n) is 2.97. The van der Waals surface area contributed by atoms with Gasteiger partial charge in [0.15, 0.2) is 0 Å². The molecule has 0 spiro atoms. The first-order chi connectivity index (χ1) is 7.95. The molecule has 0 fully saturated rings. The summed E-state index contributed by atoms with van der Waals surface area (Å²) in [4.78, 5) is 4.12. The summed E-state index contributed by atoms with van der Waals surface area (Å²) in [6.07, 6.45) is -4.43. The van der Waals surface area contributed by atoms with E-state index < -0.39 is 17.8 Å². The first kappa shape index (κ1) is 10.6. The van der Waals surface area contributed by atoms with Crippen LogP contribution in [0.3, 0.4) is 0 Å². The van der Waals surface area contributed by atoms with Crippen molar-refractivity contribution >= 4 is 11.0 Å². The average Bonchev–Trinajstić information content (AvgIpc) is 2.71. The molecule has 3 rings (SSSR count). The van der Waals surface area contributed by atoms with Gasteiger partial charge in [-0.25, -0.2) is 4.98 Å². The van der Waals surface area contributed by atoms with E-state index in [9.17, 15) is 18.3 Å². The van der Waals surface area contributed by atoms with Crippen LogP contribution in [0.4, 0.5) is 13.2 Å². The Labute approximate surface area is 94.5 Å². The van der Waals surface area contributed by atoms with Crippen LogP contribution in [0.15, 0.2) is 18.2 Å². The van der Waals surface area contributed by atoms with Crippen molar-refractivity contribution in [3.63, 3.8) is 0 Å². The first-order valence-electron chi connectivity index (χ1n) is 5.19. The summed E-state index contributed by atoms with van der Waals surface area (Å²) >= 11 is 0. The summed E-state index contributed by atoms with van der Waals surface area (Å²) in [5.41, 5.74) is 0.286. The van der Waals surface area contributed by atoms with Gasteiger partial charge in [0.25, 0.3) is 0 Å². The van der Waals surface area contributed by atoms with Crippen LogP contribution >= 0.6 is 0 Å². The van der Waals surface area contributed by atoms with E-state index in [-0.39, 0.29) is 0 Å². The molecule has 1 atom stereocenters. The molecule has 0 saturated heterocycles. The van der Waals surface area contributed by atoms with Gasteiger partial charge in [-0.2, -0.15) is 13.2 Å². The second kappa shape index (κ2) is 3.22. The minimum atomic E-state index is -4.35. The number of nitrogens with zero attached hydrogens (tertiary/aromatic N) is 2. The summed E-state index contributed by atoms with van der Waals surface area (Å²) in [5, 5.41) is 9.44. The molecule has 1 aliphatic rings. The molecule has 2 heterocycles. The van der Waals surface area contributed by atoms with Gasteiger partial charge in [0.2, 0.25) is 0 Å². The van der Waals surface area contributed by atoms with Gasteiger partial charge in [0.05, 0.1) is 29.2 Å². The van der Waals surface area contributed by atoms with Crippen molar-refractivity contribution < 1.29 is 18.3 Å². The molecule has 0 bridgehead atoms. The van der Waals surface area contributed by atoms with Gasteiger partial charge in [-0.3, -0.25) is 0 Å². The SMILES string of the molecule is OC1Cc2nc3cc(C(F)(F)F)ccc3n2C1. The molecule has 3 nitrogen and oxygen atoms in total. The van der Waals surface area contributed by atoms with Gasteiger partial charge < -0.3 is 9.67 Å². The molecule has 6 heteroatoms.